The van der Waals surface area contributed by atoms with Gasteiger partial charge >= 0.3 is 0 Å². The Labute approximate surface area is 124 Å². The SMILES string of the molecule is Cc1ccc(CCCC(=O)N[C@H](C(=O)NO)[C@@H](C)O)cc1. The summed E-state index contributed by atoms with van der Waals surface area (Å²) in [6.45, 7) is 3.38. The van der Waals surface area contributed by atoms with Gasteiger partial charge in [0.25, 0.3) is 5.91 Å². The van der Waals surface area contributed by atoms with E-state index in [1.54, 1.807) is 0 Å². The van der Waals surface area contributed by atoms with Gasteiger partial charge in [-0.25, -0.2) is 5.48 Å². The largest absolute Gasteiger partial charge is 0.391 e. The molecule has 0 aliphatic rings. The van der Waals surface area contributed by atoms with Gasteiger partial charge in [0.05, 0.1) is 6.10 Å². The maximum atomic E-state index is 11.7. The van der Waals surface area contributed by atoms with Crippen LogP contribution in [0.2, 0.25) is 0 Å². The van der Waals surface area contributed by atoms with E-state index in [2.05, 4.69) is 5.32 Å². The van der Waals surface area contributed by atoms with Gasteiger partial charge in [0.15, 0.2) is 0 Å². The molecule has 1 aromatic rings. The highest BCUT2D eigenvalue weighted by atomic mass is 16.5. The molecule has 0 aromatic heterocycles. The van der Waals surface area contributed by atoms with Crippen molar-refractivity contribution >= 4 is 11.8 Å². The van der Waals surface area contributed by atoms with E-state index in [0.29, 0.717) is 6.42 Å². The summed E-state index contributed by atoms with van der Waals surface area (Å²) >= 11 is 0. The molecular weight excluding hydrogens is 272 g/mol. The van der Waals surface area contributed by atoms with Crippen LogP contribution in [-0.2, 0) is 16.0 Å². The van der Waals surface area contributed by atoms with Crippen LogP contribution in [0.15, 0.2) is 24.3 Å². The summed E-state index contributed by atoms with van der Waals surface area (Å²) in [5.74, 6) is -1.17. The van der Waals surface area contributed by atoms with E-state index in [0.717, 1.165) is 12.0 Å². The lowest BCUT2D eigenvalue weighted by Gasteiger charge is -2.19. The highest BCUT2D eigenvalue weighted by Gasteiger charge is 2.24. The molecule has 0 fully saturated rings. The minimum Gasteiger partial charge on any atom is -0.391 e. The second-order valence-corrected chi connectivity index (χ2v) is 5.10. The summed E-state index contributed by atoms with van der Waals surface area (Å²) < 4.78 is 0. The average Bonchev–Trinajstić information content (AvgIpc) is 2.45. The quantitative estimate of drug-likeness (QED) is 0.439. The number of hydrogen-bond donors (Lipinski definition) is 4. The first kappa shape index (κ1) is 17.1. The summed E-state index contributed by atoms with van der Waals surface area (Å²) in [4.78, 5) is 23.0. The van der Waals surface area contributed by atoms with Gasteiger partial charge < -0.3 is 10.4 Å². The van der Waals surface area contributed by atoms with E-state index in [9.17, 15) is 14.7 Å². The van der Waals surface area contributed by atoms with E-state index in [-0.39, 0.29) is 12.3 Å². The number of rotatable bonds is 7. The fraction of sp³-hybridized carbons (Fsp3) is 0.467. The van der Waals surface area contributed by atoms with Crippen molar-refractivity contribution in [1.82, 2.24) is 10.8 Å². The third kappa shape index (κ3) is 5.93. The Morgan fingerprint density at radius 3 is 2.38 bits per heavy atom. The molecule has 21 heavy (non-hydrogen) atoms. The lowest BCUT2D eigenvalue weighted by atomic mass is 10.1. The zero-order valence-corrected chi connectivity index (χ0v) is 12.3. The number of aliphatic hydroxyl groups excluding tert-OH is 1. The number of amides is 2. The van der Waals surface area contributed by atoms with Gasteiger partial charge in [-0.3, -0.25) is 14.8 Å². The van der Waals surface area contributed by atoms with Crippen molar-refractivity contribution < 1.29 is 19.9 Å². The van der Waals surface area contributed by atoms with Crippen LogP contribution in [0.4, 0.5) is 0 Å². The third-order valence-electron chi connectivity index (χ3n) is 3.18. The molecule has 0 unspecified atom stereocenters. The molecule has 6 heteroatoms. The van der Waals surface area contributed by atoms with E-state index in [4.69, 9.17) is 5.21 Å². The van der Waals surface area contributed by atoms with Gasteiger partial charge in [-0.05, 0) is 32.3 Å². The maximum absolute atomic E-state index is 11.7. The van der Waals surface area contributed by atoms with Gasteiger partial charge in [-0.1, -0.05) is 29.8 Å². The normalized spacial score (nSPS) is 13.3. The summed E-state index contributed by atoms with van der Waals surface area (Å²) in [7, 11) is 0. The van der Waals surface area contributed by atoms with Crippen LogP contribution in [-0.4, -0.2) is 34.3 Å². The number of carbonyl (C=O) groups excluding carboxylic acids is 2. The van der Waals surface area contributed by atoms with E-state index < -0.39 is 18.1 Å². The first-order chi connectivity index (χ1) is 9.93. The topological polar surface area (TPSA) is 98.7 Å². The van der Waals surface area contributed by atoms with E-state index in [1.165, 1.54) is 18.0 Å². The fourth-order valence-corrected chi connectivity index (χ4v) is 1.93. The molecule has 0 aliphatic heterocycles. The predicted molar refractivity (Wildman–Crippen MR) is 77.7 cm³/mol. The summed E-state index contributed by atoms with van der Waals surface area (Å²) in [5.41, 5.74) is 3.76. The Kier molecular flexibility index (Phi) is 6.84. The van der Waals surface area contributed by atoms with Gasteiger partial charge in [0, 0.05) is 6.42 Å². The molecule has 0 saturated carbocycles. The number of aryl methyl sites for hydroxylation is 2. The van der Waals surface area contributed by atoms with Crippen molar-refractivity contribution in [3.05, 3.63) is 35.4 Å². The van der Waals surface area contributed by atoms with Crippen molar-refractivity contribution in [3.63, 3.8) is 0 Å². The second-order valence-electron chi connectivity index (χ2n) is 5.10. The Balaban J connectivity index is 2.39. The van der Waals surface area contributed by atoms with Gasteiger partial charge in [-0.2, -0.15) is 0 Å². The molecule has 0 aliphatic carbocycles. The molecule has 2 amide bonds. The summed E-state index contributed by atoms with van der Waals surface area (Å²) in [5, 5.41) is 20.4. The van der Waals surface area contributed by atoms with Crippen LogP contribution in [0.3, 0.4) is 0 Å². The lowest BCUT2D eigenvalue weighted by Crippen LogP contribution is -2.51. The molecular formula is C15H22N2O4. The summed E-state index contributed by atoms with van der Waals surface area (Å²) in [6.07, 6.45) is 0.565. The third-order valence-corrected chi connectivity index (χ3v) is 3.18. The monoisotopic (exact) mass is 294 g/mol. The standard InChI is InChI=1S/C15H22N2O4/c1-10-6-8-12(9-7-10)4-3-5-13(19)16-14(11(2)18)15(20)17-21/h6-9,11,14,18,21H,3-5H2,1-2H3,(H,16,19)(H,17,20)/t11-,14+/m1/s1. The van der Waals surface area contributed by atoms with Crippen LogP contribution in [0.1, 0.15) is 30.9 Å². The zero-order valence-electron chi connectivity index (χ0n) is 12.3. The van der Waals surface area contributed by atoms with Crippen LogP contribution in [0, 0.1) is 6.92 Å². The number of carbonyl (C=O) groups is 2. The van der Waals surface area contributed by atoms with Gasteiger partial charge in [-0.15, -0.1) is 0 Å². The smallest absolute Gasteiger partial charge is 0.268 e. The van der Waals surface area contributed by atoms with Crippen LogP contribution >= 0.6 is 0 Å². The molecule has 0 heterocycles. The number of benzene rings is 1. The van der Waals surface area contributed by atoms with Gasteiger partial charge in [0.2, 0.25) is 5.91 Å². The maximum Gasteiger partial charge on any atom is 0.268 e. The predicted octanol–water partition coefficient (Wildman–Crippen LogP) is 0.689. The molecule has 116 valence electrons. The molecule has 0 spiro atoms. The van der Waals surface area contributed by atoms with Crippen molar-refractivity contribution in [3.8, 4) is 0 Å². The molecule has 1 rings (SSSR count). The van der Waals surface area contributed by atoms with Crippen molar-refractivity contribution in [2.75, 3.05) is 0 Å². The molecule has 6 nitrogen and oxygen atoms in total. The number of hydrogen-bond acceptors (Lipinski definition) is 4. The van der Waals surface area contributed by atoms with Crippen LogP contribution in [0.25, 0.3) is 0 Å². The molecule has 0 bridgehead atoms. The average molecular weight is 294 g/mol. The first-order valence-electron chi connectivity index (χ1n) is 6.91. The Bertz CT molecular complexity index is 471. The van der Waals surface area contributed by atoms with Crippen molar-refractivity contribution in [2.24, 2.45) is 0 Å². The lowest BCUT2D eigenvalue weighted by molar-refractivity contribution is -0.137. The minimum atomic E-state index is -1.15. The molecule has 0 saturated heterocycles. The van der Waals surface area contributed by atoms with Crippen LogP contribution in [0.5, 0.6) is 0 Å². The first-order valence-corrected chi connectivity index (χ1v) is 6.91. The van der Waals surface area contributed by atoms with Gasteiger partial charge in [0.1, 0.15) is 6.04 Å². The van der Waals surface area contributed by atoms with Crippen LogP contribution < -0.4 is 10.8 Å². The van der Waals surface area contributed by atoms with E-state index >= 15 is 0 Å². The fourth-order valence-electron chi connectivity index (χ4n) is 1.93. The Hall–Kier alpha value is -1.92. The molecule has 2 atom stereocenters. The highest BCUT2D eigenvalue weighted by Crippen LogP contribution is 2.07. The Morgan fingerprint density at radius 2 is 1.86 bits per heavy atom. The molecule has 4 N–H and O–H groups in total. The molecule has 1 aromatic carbocycles. The summed E-state index contributed by atoms with van der Waals surface area (Å²) in [6, 6.07) is 6.92. The highest BCUT2D eigenvalue weighted by molar-refractivity contribution is 5.87. The number of hydroxylamine groups is 1. The zero-order chi connectivity index (χ0) is 15.8. The minimum absolute atomic E-state index is 0.246. The second kappa shape index (κ2) is 8.39. The van der Waals surface area contributed by atoms with Crippen molar-refractivity contribution in [2.45, 2.75) is 45.3 Å². The molecule has 0 radical (unpaired) electrons. The Morgan fingerprint density at radius 1 is 1.24 bits per heavy atom. The van der Waals surface area contributed by atoms with Crippen molar-refractivity contribution in [1.29, 1.82) is 0 Å². The van der Waals surface area contributed by atoms with E-state index in [1.807, 2.05) is 31.2 Å². The number of aliphatic hydroxyl groups is 1. The number of nitrogens with one attached hydrogen (secondary N) is 2.